The summed E-state index contributed by atoms with van der Waals surface area (Å²) in [4.78, 5) is 12.4. The molecule has 21 heavy (non-hydrogen) atoms. The van der Waals surface area contributed by atoms with Gasteiger partial charge in [0, 0.05) is 11.6 Å². The molecule has 0 radical (unpaired) electrons. The molecule has 0 unspecified atom stereocenters. The summed E-state index contributed by atoms with van der Waals surface area (Å²) >= 11 is 0. The summed E-state index contributed by atoms with van der Waals surface area (Å²) in [5.74, 6) is 0. The van der Waals surface area contributed by atoms with E-state index in [0.29, 0.717) is 0 Å². The minimum Gasteiger partial charge on any atom is -0.443 e. The van der Waals surface area contributed by atoms with Crippen LogP contribution < -0.4 is 0 Å². The molecular weight excluding hydrogens is 262 g/mol. The lowest BCUT2D eigenvalue weighted by Gasteiger charge is -2.20. The molecule has 0 aliphatic carbocycles. The quantitative estimate of drug-likeness (QED) is 0.680. The predicted octanol–water partition coefficient (Wildman–Crippen LogP) is 5.03. The van der Waals surface area contributed by atoms with Crippen molar-refractivity contribution in [3.63, 3.8) is 0 Å². The number of aryl methyl sites for hydroxylation is 1. The van der Waals surface area contributed by atoms with Gasteiger partial charge >= 0.3 is 6.09 Å². The lowest BCUT2D eigenvalue weighted by atomic mass is 9.86. The van der Waals surface area contributed by atoms with E-state index in [1.807, 2.05) is 39.1 Å². The van der Waals surface area contributed by atoms with Crippen LogP contribution in [-0.2, 0) is 10.2 Å². The molecule has 0 N–H and O–H groups in total. The monoisotopic (exact) mass is 287 g/mol. The third kappa shape index (κ3) is 3.29. The van der Waals surface area contributed by atoms with Gasteiger partial charge in [-0.25, -0.2) is 4.79 Å². The van der Waals surface area contributed by atoms with Crippen LogP contribution in [0.5, 0.6) is 0 Å². The Kier molecular flexibility index (Phi) is 3.64. The summed E-state index contributed by atoms with van der Waals surface area (Å²) in [5, 5.41) is 1.12. The van der Waals surface area contributed by atoms with Crippen molar-refractivity contribution >= 4 is 17.0 Å². The molecule has 0 aliphatic heterocycles. The zero-order valence-corrected chi connectivity index (χ0v) is 14.1. The standard InChI is InChI=1S/C18H25NO2/c1-12-8-9-15-13(10-12)14(17(2,3)4)11-19(15)16(20)21-18(5,6)7/h8-11H,1-7H3. The van der Waals surface area contributed by atoms with Crippen LogP contribution in [0.25, 0.3) is 10.9 Å². The number of carbonyl (C=O) groups excluding carboxylic acids is 1. The van der Waals surface area contributed by atoms with Crippen molar-refractivity contribution in [2.45, 2.75) is 59.5 Å². The van der Waals surface area contributed by atoms with Crippen molar-refractivity contribution < 1.29 is 9.53 Å². The highest BCUT2D eigenvalue weighted by Gasteiger charge is 2.25. The Balaban J connectivity index is 2.63. The second-order valence-electron chi connectivity index (χ2n) is 7.66. The number of nitrogens with zero attached hydrogens (tertiary/aromatic N) is 1. The van der Waals surface area contributed by atoms with Crippen LogP contribution >= 0.6 is 0 Å². The Hall–Kier alpha value is -1.77. The number of rotatable bonds is 0. The summed E-state index contributed by atoms with van der Waals surface area (Å²) in [6.07, 6.45) is 1.59. The highest BCUT2D eigenvalue weighted by Crippen LogP contribution is 2.32. The molecule has 0 atom stereocenters. The van der Waals surface area contributed by atoms with E-state index in [0.717, 1.165) is 16.5 Å². The maximum Gasteiger partial charge on any atom is 0.419 e. The van der Waals surface area contributed by atoms with Crippen molar-refractivity contribution in [2.24, 2.45) is 0 Å². The molecule has 1 aromatic carbocycles. The molecule has 0 spiro atoms. The van der Waals surface area contributed by atoms with E-state index in [1.54, 1.807) is 4.57 Å². The normalized spacial score (nSPS) is 12.7. The van der Waals surface area contributed by atoms with E-state index in [-0.39, 0.29) is 11.5 Å². The Morgan fingerprint density at radius 3 is 2.24 bits per heavy atom. The average molecular weight is 287 g/mol. The van der Waals surface area contributed by atoms with E-state index < -0.39 is 5.60 Å². The second-order valence-corrected chi connectivity index (χ2v) is 7.66. The molecule has 3 heteroatoms. The van der Waals surface area contributed by atoms with Gasteiger partial charge in [0.1, 0.15) is 5.60 Å². The number of fused-ring (bicyclic) bond motifs is 1. The number of aromatic nitrogens is 1. The fourth-order valence-electron chi connectivity index (χ4n) is 2.40. The molecule has 0 fully saturated rings. The molecule has 1 aromatic heterocycles. The van der Waals surface area contributed by atoms with Crippen molar-refractivity contribution in [1.29, 1.82) is 0 Å². The molecule has 3 nitrogen and oxygen atoms in total. The van der Waals surface area contributed by atoms with E-state index in [2.05, 4.69) is 33.8 Å². The van der Waals surface area contributed by atoms with Gasteiger partial charge in [0.15, 0.2) is 0 Å². The van der Waals surface area contributed by atoms with Crippen molar-refractivity contribution in [2.75, 3.05) is 0 Å². The van der Waals surface area contributed by atoms with Crippen molar-refractivity contribution in [3.05, 3.63) is 35.5 Å². The van der Waals surface area contributed by atoms with Crippen LogP contribution in [0.3, 0.4) is 0 Å². The number of hydrogen-bond donors (Lipinski definition) is 0. The van der Waals surface area contributed by atoms with Gasteiger partial charge in [0.2, 0.25) is 0 Å². The lowest BCUT2D eigenvalue weighted by molar-refractivity contribution is 0.0544. The summed E-state index contributed by atoms with van der Waals surface area (Å²) in [5.41, 5.74) is 2.72. The first kappa shape index (κ1) is 15.6. The zero-order chi connectivity index (χ0) is 16.0. The topological polar surface area (TPSA) is 31.2 Å². The van der Waals surface area contributed by atoms with E-state index in [9.17, 15) is 4.79 Å². The van der Waals surface area contributed by atoms with E-state index in [1.165, 1.54) is 5.56 Å². The first-order valence-electron chi connectivity index (χ1n) is 7.34. The number of carbonyl (C=O) groups is 1. The average Bonchev–Trinajstić information content (AvgIpc) is 2.64. The Bertz CT molecular complexity index is 682. The van der Waals surface area contributed by atoms with Gasteiger partial charge in [-0.15, -0.1) is 0 Å². The summed E-state index contributed by atoms with van der Waals surface area (Å²) < 4.78 is 7.14. The van der Waals surface area contributed by atoms with Crippen LogP contribution in [0.1, 0.15) is 52.7 Å². The summed E-state index contributed by atoms with van der Waals surface area (Å²) in [6.45, 7) is 14.2. The highest BCUT2D eigenvalue weighted by molar-refractivity contribution is 5.93. The van der Waals surface area contributed by atoms with Gasteiger partial charge in [-0.2, -0.15) is 0 Å². The lowest BCUT2D eigenvalue weighted by Crippen LogP contribution is -2.26. The first-order valence-corrected chi connectivity index (χ1v) is 7.34. The second kappa shape index (κ2) is 4.90. The van der Waals surface area contributed by atoms with Crippen LogP contribution in [0.2, 0.25) is 0 Å². The largest absolute Gasteiger partial charge is 0.443 e. The molecule has 0 saturated carbocycles. The molecule has 114 valence electrons. The van der Waals surface area contributed by atoms with Crippen molar-refractivity contribution in [1.82, 2.24) is 4.57 Å². The van der Waals surface area contributed by atoms with Crippen LogP contribution in [0.4, 0.5) is 4.79 Å². The molecule has 2 rings (SSSR count). The zero-order valence-electron chi connectivity index (χ0n) is 14.1. The SMILES string of the molecule is Cc1ccc2c(c1)c(C(C)(C)C)cn2C(=O)OC(C)(C)C. The third-order valence-electron chi connectivity index (χ3n) is 3.36. The Morgan fingerprint density at radius 2 is 1.71 bits per heavy atom. The maximum absolute atomic E-state index is 12.4. The van der Waals surface area contributed by atoms with Crippen LogP contribution in [-0.4, -0.2) is 16.3 Å². The Labute approximate surface area is 126 Å². The molecule has 1 heterocycles. The molecular formula is C18H25NO2. The van der Waals surface area contributed by atoms with Crippen LogP contribution in [0, 0.1) is 6.92 Å². The Morgan fingerprint density at radius 1 is 1.10 bits per heavy atom. The van der Waals surface area contributed by atoms with Crippen LogP contribution in [0.15, 0.2) is 24.4 Å². The molecule has 2 aromatic rings. The number of benzene rings is 1. The van der Waals surface area contributed by atoms with Gasteiger partial charge in [0.25, 0.3) is 0 Å². The predicted molar refractivity (Wildman–Crippen MR) is 87.0 cm³/mol. The molecule has 0 bridgehead atoms. The minimum atomic E-state index is -0.500. The third-order valence-corrected chi connectivity index (χ3v) is 3.36. The van der Waals surface area contributed by atoms with Crippen molar-refractivity contribution in [3.8, 4) is 0 Å². The first-order chi connectivity index (χ1) is 9.49. The number of ether oxygens (including phenoxy) is 1. The summed E-state index contributed by atoms with van der Waals surface area (Å²) in [6, 6.07) is 6.15. The van der Waals surface area contributed by atoms with Gasteiger partial charge in [0.05, 0.1) is 5.52 Å². The fourth-order valence-corrected chi connectivity index (χ4v) is 2.40. The highest BCUT2D eigenvalue weighted by atomic mass is 16.6. The molecule has 0 aliphatic rings. The van der Waals surface area contributed by atoms with E-state index in [4.69, 9.17) is 4.74 Å². The van der Waals surface area contributed by atoms with Gasteiger partial charge < -0.3 is 4.74 Å². The number of hydrogen-bond acceptors (Lipinski definition) is 2. The summed E-state index contributed by atoms with van der Waals surface area (Å²) in [7, 11) is 0. The molecule has 0 amide bonds. The smallest absolute Gasteiger partial charge is 0.419 e. The maximum atomic E-state index is 12.4. The molecule has 0 saturated heterocycles. The fraction of sp³-hybridized carbons (Fsp3) is 0.500. The van der Waals surface area contributed by atoms with E-state index >= 15 is 0 Å². The minimum absolute atomic E-state index is 0.0285. The van der Waals surface area contributed by atoms with Gasteiger partial charge in [-0.05, 0) is 50.8 Å². The van der Waals surface area contributed by atoms with Gasteiger partial charge in [-0.1, -0.05) is 32.4 Å². The van der Waals surface area contributed by atoms with Gasteiger partial charge in [-0.3, -0.25) is 4.57 Å².